The highest BCUT2D eigenvalue weighted by molar-refractivity contribution is 7.90. The number of hydrogen-bond donors (Lipinski definition) is 2. The van der Waals surface area contributed by atoms with Gasteiger partial charge >= 0.3 is 6.03 Å². The Labute approximate surface area is 129 Å². The first-order valence-corrected chi connectivity index (χ1v) is 8.53. The van der Waals surface area contributed by atoms with Crippen molar-refractivity contribution in [2.24, 2.45) is 0 Å². The second-order valence-electron chi connectivity index (χ2n) is 4.90. The number of sulfone groups is 1. The molecule has 0 aliphatic heterocycles. The molecule has 1 unspecified atom stereocenters. The average Bonchev–Trinajstić information content (AvgIpc) is 2.47. The fraction of sp³-hybridized carbons (Fsp3) is 0.200. The summed E-state index contributed by atoms with van der Waals surface area (Å²) >= 11 is 0. The van der Waals surface area contributed by atoms with Crippen molar-refractivity contribution in [2.75, 3.05) is 11.6 Å². The zero-order chi connectivity index (χ0) is 16.2. The summed E-state index contributed by atoms with van der Waals surface area (Å²) in [6, 6.07) is 9.13. The van der Waals surface area contributed by atoms with E-state index in [1.807, 2.05) is 19.1 Å². The van der Waals surface area contributed by atoms with E-state index in [2.05, 4.69) is 15.6 Å². The van der Waals surface area contributed by atoms with Crippen LogP contribution < -0.4 is 10.6 Å². The number of nitrogens with zero attached hydrogens (tertiary/aromatic N) is 1. The number of urea groups is 1. The number of hydrogen-bond acceptors (Lipinski definition) is 4. The summed E-state index contributed by atoms with van der Waals surface area (Å²) in [5, 5.41) is 5.45. The maximum Gasteiger partial charge on any atom is 0.319 e. The minimum Gasteiger partial charge on any atom is -0.331 e. The van der Waals surface area contributed by atoms with Crippen LogP contribution >= 0.6 is 0 Å². The average molecular weight is 319 g/mol. The zero-order valence-corrected chi connectivity index (χ0v) is 13.1. The second-order valence-corrected chi connectivity index (χ2v) is 6.91. The number of nitrogens with one attached hydrogen (secondary N) is 2. The second kappa shape index (κ2) is 6.57. The molecule has 2 amide bonds. The third-order valence-electron chi connectivity index (χ3n) is 3.09. The van der Waals surface area contributed by atoms with E-state index in [9.17, 15) is 13.2 Å². The first kappa shape index (κ1) is 16.0. The van der Waals surface area contributed by atoms with Crippen LogP contribution in [0.3, 0.4) is 0 Å². The van der Waals surface area contributed by atoms with Crippen LogP contribution in [-0.4, -0.2) is 25.7 Å². The Morgan fingerprint density at radius 1 is 1.09 bits per heavy atom. The lowest BCUT2D eigenvalue weighted by atomic mass is 10.1. The maximum atomic E-state index is 11.9. The Balaban J connectivity index is 1.98. The number of amides is 2. The molecule has 0 aliphatic rings. The van der Waals surface area contributed by atoms with Crippen LogP contribution in [0.4, 0.5) is 10.5 Å². The molecule has 2 aromatic rings. The molecule has 6 nitrogen and oxygen atoms in total. The number of carbonyl (C=O) groups is 1. The molecule has 1 atom stereocenters. The third kappa shape index (κ3) is 4.29. The molecule has 0 aliphatic carbocycles. The van der Waals surface area contributed by atoms with E-state index < -0.39 is 9.84 Å². The molecule has 0 saturated carbocycles. The van der Waals surface area contributed by atoms with Gasteiger partial charge in [0, 0.05) is 24.3 Å². The van der Waals surface area contributed by atoms with Crippen LogP contribution in [0.15, 0.2) is 53.7 Å². The molecular weight excluding hydrogens is 302 g/mol. The molecule has 1 heterocycles. The number of aromatic nitrogens is 1. The molecule has 0 spiro atoms. The lowest BCUT2D eigenvalue weighted by Gasteiger charge is -2.15. The molecule has 0 fully saturated rings. The van der Waals surface area contributed by atoms with Gasteiger partial charge in [-0.05, 0) is 48.9 Å². The highest BCUT2D eigenvalue weighted by Gasteiger charge is 2.10. The van der Waals surface area contributed by atoms with Crippen LogP contribution in [0, 0.1) is 0 Å². The normalized spacial score (nSPS) is 12.5. The quantitative estimate of drug-likeness (QED) is 0.905. The van der Waals surface area contributed by atoms with E-state index in [0.717, 1.165) is 11.8 Å². The molecule has 116 valence electrons. The summed E-state index contributed by atoms with van der Waals surface area (Å²) in [7, 11) is -3.24. The lowest BCUT2D eigenvalue weighted by molar-refractivity contribution is 0.249. The third-order valence-corrected chi connectivity index (χ3v) is 4.22. The molecule has 0 bridgehead atoms. The predicted molar refractivity (Wildman–Crippen MR) is 84.4 cm³/mol. The summed E-state index contributed by atoms with van der Waals surface area (Å²) in [5.74, 6) is 0. The van der Waals surface area contributed by atoms with Gasteiger partial charge in [-0.25, -0.2) is 13.2 Å². The predicted octanol–water partition coefficient (Wildman–Crippen LogP) is 2.37. The standard InChI is InChI=1S/C15H17N3O3S/c1-11(12-7-9-16-10-8-12)17-15(19)18-13-3-5-14(6-4-13)22(2,20)21/h3-11H,1-2H3,(H2,17,18,19). The first-order valence-electron chi connectivity index (χ1n) is 6.64. The molecular formula is C15H17N3O3S. The summed E-state index contributed by atoms with van der Waals surface area (Å²) in [6.07, 6.45) is 4.46. The van der Waals surface area contributed by atoms with Crippen LogP contribution in [-0.2, 0) is 9.84 Å². The van der Waals surface area contributed by atoms with Gasteiger partial charge in [0.15, 0.2) is 9.84 Å². The molecule has 2 rings (SSSR count). The van der Waals surface area contributed by atoms with Gasteiger partial charge in [-0.1, -0.05) is 0 Å². The summed E-state index contributed by atoms with van der Waals surface area (Å²) in [5.41, 5.74) is 1.46. The van der Waals surface area contributed by atoms with Crippen molar-refractivity contribution in [3.05, 3.63) is 54.4 Å². The van der Waals surface area contributed by atoms with E-state index in [1.54, 1.807) is 24.5 Å². The number of benzene rings is 1. The zero-order valence-electron chi connectivity index (χ0n) is 12.3. The van der Waals surface area contributed by atoms with E-state index in [4.69, 9.17) is 0 Å². The molecule has 2 N–H and O–H groups in total. The maximum absolute atomic E-state index is 11.9. The Kier molecular flexibility index (Phi) is 4.77. The summed E-state index contributed by atoms with van der Waals surface area (Å²) in [4.78, 5) is 16.1. The molecule has 7 heteroatoms. The van der Waals surface area contributed by atoms with Crippen LogP contribution in [0.5, 0.6) is 0 Å². The number of rotatable bonds is 4. The first-order chi connectivity index (χ1) is 10.4. The van der Waals surface area contributed by atoms with Crippen molar-refractivity contribution in [3.8, 4) is 0 Å². The molecule has 0 saturated heterocycles. The highest BCUT2D eigenvalue weighted by Crippen LogP contribution is 2.15. The van der Waals surface area contributed by atoms with E-state index in [1.165, 1.54) is 12.1 Å². The number of anilines is 1. The van der Waals surface area contributed by atoms with Gasteiger partial charge < -0.3 is 10.6 Å². The highest BCUT2D eigenvalue weighted by atomic mass is 32.2. The van der Waals surface area contributed by atoms with Crippen LogP contribution in [0.2, 0.25) is 0 Å². The summed E-state index contributed by atoms with van der Waals surface area (Å²) in [6.45, 7) is 1.86. The molecule has 1 aromatic heterocycles. The van der Waals surface area contributed by atoms with Crippen molar-refractivity contribution in [1.82, 2.24) is 10.3 Å². The van der Waals surface area contributed by atoms with Gasteiger partial charge in [-0.3, -0.25) is 4.98 Å². The molecule has 1 aromatic carbocycles. The minimum atomic E-state index is -3.24. The number of pyridine rings is 1. The topological polar surface area (TPSA) is 88.2 Å². The lowest BCUT2D eigenvalue weighted by Crippen LogP contribution is -2.31. The SMILES string of the molecule is CC(NC(=O)Nc1ccc(S(C)(=O)=O)cc1)c1ccncc1. The van der Waals surface area contributed by atoms with Crippen LogP contribution in [0.25, 0.3) is 0 Å². The van der Waals surface area contributed by atoms with Crippen molar-refractivity contribution in [3.63, 3.8) is 0 Å². The van der Waals surface area contributed by atoms with Crippen molar-refractivity contribution in [1.29, 1.82) is 0 Å². The van der Waals surface area contributed by atoms with E-state index in [-0.39, 0.29) is 17.0 Å². The summed E-state index contributed by atoms with van der Waals surface area (Å²) < 4.78 is 22.7. The largest absolute Gasteiger partial charge is 0.331 e. The number of carbonyl (C=O) groups excluding carboxylic acids is 1. The monoisotopic (exact) mass is 319 g/mol. The Bertz CT molecular complexity index is 743. The smallest absolute Gasteiger partial charge is 0.319 e. The van der Waals surface area contributed by atoms with Gasteiger partial charge in [0.1, 0.15) is 0 Å². The van der Waals surface area contributed by atoms with Crippen molar-refractivity contribution >= 4 is 21.6 Å². The van der Waals surface area contributed by atoms with Gasteiger partial charge in [-0.15, -0.1) is 0 Å². The Hall–Kier alpha value is -2.41. The fourth-order valence-corrected chi connectivity index (χ4v) is 2.52. The van der Waals surface area contributed by atoms with Gasteiger partial charge in [0.2, 0.25) is 0 Å². The minimum absolute atomic E-state index is 0.168. The van der Waals surface area contributed by atoms with Gasteiger partial charge in [0.05, 0.1) is 10.9 Å². The van der Waals surface area contributed by atoms with Gasteiger partial charge in [0.25, 0.3) is 0 Å². The van der Waals surface area contributed by atoms with Crippen molar-refractivity contribution < 1.29 is 13.2 Å². The molecule has 22 heavy (non-hydrogen) atoms. The van der Waals surface area contributed by atoms with Crippen molar-refractivity contribution in [2.45, 2.75) is 17.9 Å². The van der Waals surface area contributed by atoms with E-state index >= 15 is 0 Å². The molecule has 0 radical (unpaired) electrons. The van der Waals surface area contributed by atoms with Crippen LogP contribution in [0.1, 0.15) is 18.5 Å². The Morgan fingerprint density at radius 2 is 1.68 bits per heavy atom. The fourth-order valence-electron chi connectivity index (χ4n) is 1.88. The van der Waals surface area contributed by atoms with Gasteiger partial charge in [-0.2, -0.15) is 0 Å². The Morgan fingerprint density at radius 3 is 2.23 bits per heavy atom. The van der Waals surface area contributed by atoms with E-state index in [0.29, 0.717) is 5.69 Å².